The van der Waals surface area contributed by atoms with Crippen molar-refractivity contribution in [2.45, 2.75) is 19.3 Å². The van der Waals surface area contributed by atoms with E-state index in [1.807, 2.05) is 11.0 Å². The van der Waals surface area contributed by atoms with E-state index in [0.29, 0.717) is 24.7 Å². The SMILES string of the molecule is O=C(COc1ccc2c(c1)OCCO2)N1CCCCC1. The molecule has 0 aliphatic carbocycles. The zero-order valence-corrected chi connectivity index (χ0v) is 11.5. The van der Waals surface area contributed by atoms with Gasteiger partial charge in [-0.15, -0.1) is 0 Å². The van der Waals surface area contributed by atoms with Crippen molar-refractivity contribution in [2.75, 3.05) is 32.9 Å². The fourth-order valence-corrected chi connectivity index (χ4v) is 2.49. The lowest BCUT2D eigenvalue weighted by Gasteiger charge is -2.26. The van der Waals surface area contributed by atoms with Gasteiger partial charge in [-0.3, -0.25) is 4.79 Å². The van der Waals surface area contributed by atoms with Crippen molar-refractivity contribution in [3.05, 3.63) is 18.2 Å². The molecule has 2 aliphatic heterocycles. The molecule has 0 aromatic heterocycles. The maximum atomic E-state index is 12.0. The maximum absolute atomic E-state index is 12.0. The minimum atomic E-state index is 0.0552. The third-order valence-corrected chi connectivity index (χ3v) is 3.58. The summed E-state index contributed by atoms with van der Waals surface area (Å²) in [4.78, 5) is 13.9. The third kappa shape index (κ3) is 2.98. The highest BCUT2D eigenvalue weighted by Gasteiger charge is 2.17. The van der Waals surface area contributed by atoms with E-state index >= 15 is 0 Å². The molecule has 2 aliphatic rings. The molecule has 20 heavy (non-hydrogen) atoms. The molecule has 5 nitrogen and oxygen atoms in total. The van der Waals surface area contributed by atoms with Crippen LogP contribution in [0.15, 0.2) is 18.2 Å². The van der Waals surface area contributed by atoms with Gasteiger partial charge < -0.3 is 19.1 Å². The molecule has 1 amide bonds. The van der Waals surface area contributed by atoms with Gasteiger partial charge in [0.15, 0.2) is 18.1 Å². The van der Waals surface area contributed by atoms with Crippen LogP contribution in [0.2, 0.25) is 0 Å². The zero-order valence-electron chi connectivity index (χ0n) is 11.5. The predicted octanol–water partition coefficient (Wildman–Crippen LogP) is 1.85. The number of rotatable bonds is 3. The van der Waals surface area contributed by atoms with E-state index < -0.39 is 0 Å². The van der Waals surface area contributed by atoms with Gasteiger partial charge in [0.2, 0.25) is 0 Å². The number of amides is 1. The van der Waals surface area contributed by atoms with Gasteiger partial charge in [-0.2, -0.15) is 0 Å². The Balaban J connectivity index is 1.56. The summed E-state index contributed by atoms with van der Waals surface area (Å²) in [6, 6.07) is 5.39. The molecule has 1 aromatic rings. The normalized spacial score (nSPS) is 17.7. The smallest absolute Gasteiger partial charge is 0.260 e. The van der Waals surface area contributed by atoms with Crippen LogP contribution in [0.3, 0.4) is 0 Å². The number of hydrogen-bond acceptors (Lipinski definition) is 4. The first-order chi connectivity index (χ1) is 9.83. The number of carbonyl (C=O) groups is 1. The summed E-state index contributed by atoms with van der Waals surface area (Å²) in [5, 5.41) is 0. The van der Waals surface area contributed by atoms with Gasteiger partial charge in [0.05, 0.1) is 0 Å². The largest absolute Gasteiger partial charge is 0.486 e. The second kappa shape index (κ2) is 6.03. The average Bonchev–Trinajstić information content (AvgIpc) is 2.53. The van der Waals surface area contributed by atoms with Gasteiger partial charge in [0, 0.05) is 19.2 Å². The van der Waals surface area contributed by atoms with Crippen molar-refractivity contribution >= 4 is 5.91 Å². The predicted molar refractivity (Wildman–Crippen MR) is 73.4 cm³/mol. The molecule has 0 spiro atoms. The van der Waals surface area contributed by atoms with Crippen molar-refractivity contribution in [3.63, 3.8) is 0 Å². The molecule has 3 rings (SSSR count). The average molecular weight is 277 g/mol. The zero-order chi connectivity index (χ0) is 13.8. The van der Waals surface area contributed by atoms with Crippen LogP contribution in [-0.2, 0) is 4.79 Å². The molecule has 0 N–H and O–H groups in total. The van der Waals surface area contributed by atoms with Crippen LogP contribution in [0.4, 0.5) is 0 Å². The van der Waals surface area contributed by atoms with Crippen LogP contribution in [0.5, 0.6) is 17.2 Å². The van der Waals surface area contributed by atoms with E-state index in [0.717, 1.165) is 31.7 Å². The van der Waals surface area contributed by atoms with Gasteiger partial charge in [-0.25, -0.2) is 0 Å². The molecule has 0 atom stereocenters. The summed E-state index contributed by atoms with van der Waals surface area (Å²) >= 11 is 0. The lowest BCUT2D eigenvalue weighted by atomic mass is 10.1. The van der Waals surface area contributed by atoms with Crippen LogP contribution in [0.25, 0.3) is 0 Å². The molecular formula is C15H19NO4. The van der Waals surface area contributed by atoms with E-state index in [-0.39, 0.29) is 12.5 Å². The number of likely N-dealkylation sites (tertiary alicyclic amines) is 1. The molecule has 0 radical (unpaired) electrons. The molecule has 0 bridgehead atoms. The highest BCUT2D eigenvalue weighted by atomic mass is 16.6. The number of fused-ring (bicyclic) bond motifs is 1. The van der Waals surface area contributed by atoms with E-state index in [9.17, 15) is 4.79 Å². The summed E-state index contributed by atoms with van der Waals surface area (Å²) < 4.78 is 16.5. The fourth-order valence-electron chi connectivity index (χ4n) is 2.49. The number of piperidine rings is 1. The molecule has 0 saturated carbocycles. The molecule has 0 unspecified atom stereocenters. The Hall–Kier alpha value is -1.91. The molecule has 2 heterocycles. The van der Waals surface area contributed by atoms with Crippen molar-refractivity contribution in [3.8, 4) is 17.2 Å². The summed E-state index contributed by atoms with van der Waals surface area (Å²) in [5.74, 6) is 2.10. The Labute approximate surface area is 118 Å². The third-order valence-electron chi connectivity index (χ3n) is 3.58. The minimum Gasteiger partial charge on any atom is -0.486 e. The summed E-state index contributed by atoms with van der Waals surface area (Å²) in [6.07, 6.45) is 3.40. The van der Waals surface area contributed by atoms with Crippen LogP contribution >= 0.6 is 0 Å². The highest BCUT2D eigenvalue weighted by molar-refractivity contribution is 5.77. The topological polar surface area (TPSA) is 48.0 Å². The van der Waals surface area contributed by atoms with Crippen LogP contribution in [-0.4, -0.2) is 43.7 Å². The Bertz CT molecular complexity index is 483. The first kappa shape index (κ1) is 13.1. The quantitative estimate of drug-likeness (QED) is 0.846. The molecule has 1 fully saturated rings. The minimum absolute atomic E-state index is 0.0552. The Morgan fingerprint density at radius 3 is 2.65 bits per heavy atom. The van der Waals surface area contributed by atoms with Gasteiger partial charge in [-0.1, -0.05) is 0 Å². The number of benzene rings is 1. The lowest BCUT2D eigenvalue weighted by molar-refractivity contribution is -0.134. The van der Waals surface area contributed by atoms with Crippen LogP contribution < -0.4 is 14.2 Å². The molecule has 1 aromatic carbocycles. The monoisotopic (exact) mass is 277 g/mol. The molecule has 5 heteroatoms. The Morgan fingerprint density at radius 2 is 1.85 bits per heavy atom. The maximum Gasteiger partial charge on any atom is 0.260 e. The number of carbonyl (C=O) groups excluding carboxylic acids is 1. The van der Waals surface area contributed by atoms with Crippen LogP contribution in [0.1, 0.15) is 19.3 Å². The summed E-state index contributed by atoms with van der Waals surface area (Å²) in [5.41, 5.74) is 0. The van der Waals surface area contributed by atoms with Crippen molar-refractivity contribution in [1.29, 1.82) is 0 Å². The van der Waals surface area contributed by atoms with Gasteiger partial charge in [0.25, 0.3) is 5.91 Å². The van der Waals surface area contributed by atoms with E-state index in [2.05, 4.69) is 0 Å². The Kier molecular flexibility index (Phi) is 3.95. The molecule has 1 saturated heterocycles. The van der Waals surface area contributed by atoms with Gasteiger partial charge in [0.1, 0.15) is 19.0 Å². The summed E-state index contributed by atoms with van der Waals surface area (Å²) in [7, 11) is 0. The van der Waals surface area contributed by atoms with Crippen molar-refractivity contribution in [2.24, 2.45) is 0 Å². The summed E-state index contributed by atoms with van der Waals surface area (Å²) in [6.45, 7) is 2.90. The van der Waals surface area contributed by atoms with Crippen molar-refractivity contribution in [1.82, 2.24) is 4.90 Å². The number of nitrogens with zero attached hydrogens (tertiary/aromatic N) is 1. The van der Waals surface area contributed by atoms with Gasteiger partial charge in [-0.05, 0) is 31.4 Å². The van der Waals surface area contributed by atoms with E-state index in [1.165, 1.54) is 6.42 Å². The fraction of sp³-hybridized carbons (Fsp3) is 0.533. The second-order valence-electron chi connectivity index (χ2n) is 5.04. The first-order valence-corrected chi connectivity index (χ1v) is 7.13. The molecular weight excluding hydrogens is 258 g/mol. The number of hydrogen-bond donors (Lipinski definition) is 0. The van der Waals surface area contributed by atoms with Gasteiger partial charge >= 0.3 is 0 Å². The highest BCUT2D eigenvalue weighted by Crippen LogP contribution is 2.33. The van der Waals surface area contributed by atoms with E-state index in [4.69, 9.17) is 14.2 Å². The Morgan fingerprint density at radius 1 is 1.10 bits per heavy atom. The lowest BCUT2D eigenvalue weighted by Crippen LogP contribution is -2.38. The standard InChI is InChI=1S/C15H19NO4/c17-15(16-6-2-1-3-7-16)11-20-12-4-5-13-14(10-12)19-9-8-18-13/h4-5,10H,1-3,6-9,11H2. The van der Waals surface area contributed by atoms with Crippen LogP contribution in [0, 0.1) is 0 Å². The molecule has 108 valence electrons. The number of ether oxygens (including phenoxy) is 3. The first-order valence-electron chi connectivity index (χ1n) is 7.13. The van der Waals surface area contributed by atoms with Crippen molar-refractivity contribution < 1.29 is 19.0 Å². The van der Waals surface area contributed by atoms with E-state index in [1.54, 1.807) is 12.1 Å². The second-order valence-corrected chi connectivity index (χ2v) is 5.04.